The Kier molecular flexibility index (Phi) is 2.89. The first-order valence-electron chi connectivity index (χ1n) is 6.67. The van der Waals surface area contributed by atoms with Gasteiger partial charge in [0.2, 0.25) is 0 Å². The van der Waals surface area contributed by atoms with Crippen LogP contribution in [-0.2, 0) is 12.8 Å². The van der Waals surface area contributed by atoms with Gasteiger partial charge in [-0.3, -0.25) is 0 Å². The van der Waals surface area contributed by atoms with Crippen molar-refractivity contribution in [2.45, 2.75) is 33.6 Å². The summed E-state index contributed by atoms with van der Waals surface area (Å²) in [7, 11) is 0. The van der Waals surface area contributed by atoms with E-state index in [-0.39, 0.29) is 5.69 Å². The third-order valence-corrected chi connectivity index (χ3v) is 3.33. The summed E-state index contributed by atoms with van der Waals surface area (Å²) in [6.07, 6.45) is 1.75. The molecule has 3 rings (SSSR count). The second-order valence-electron chi connectivity index (χ2n) is 4.63. The summed E-state index contributed by atoms with van der Waals surface area (Å²) >= 11 is 0. The van der Waals surface area contributed by atoms with Gasteiger partial charge in [-0.15, -0.1) is 0 Å². The number of aryl methyl sites for hydroxylation is 3. The van der Waals surface area contributed by atoms with Crippen molar-refractivity contribution in [3.63, 3.8) is 0 Å². The van der Waals surface area contributed by atoms with Crippen LogP contribution in [0, 0.1) is 6.92 Å². The van der Waals surface area contributed by atoms with Crippen LogP contribution in [-0.4, -0.2) is 29.4 Å². The second-order valence-corrected chi connectivity index (χ2v) is 4.63. The Bertz CT molecular complexity index is 825. The van der Waals surface area contributed by atoms with Gasteiger partial charge < -0.3 is 0 Å². The monoisotopic (exact) mass is 272 g/mol. The van der Waals surface area contributed by atoms with E-state index in [0.717, 1.165) is 24.2 Å². The third kappa shape index (κ3) is 1.82. The van der Waals surface area contributed by atoms with Gasteiger partial charge in [0.1, 0.15) is 5.82 Å². The van der Waals surface area contributed by atoms with E-state index < -0.39 is 0 Å². The molecule has 3 heterocycles. The maximum atomic E-state index is 11.6. The summed E-state index contributed by atoms with van der Waals surface area (Å²) in [6, 6.07) is 3.84. The molecule has 0 radical (unpaired) electrons. The molecule has 0 unspecified atom stereocenters. The molecule has 0 saturated heterocycles. The number of rotatable bonds is 3. The molecule has 0 amide bonds. The van der Waals surface area contributed by atoms with E-state index in [1.54, 1.807) is 13.0 Å². The SMILES string of the molecule is CCc1cc(CC)n(-c2cc3n[nH]c(=O)n3c(C)n2)n1. The molecule has 0 aliphatic heterocycles. The first kappa shape index (κ1) is 12.6. The molecular formula is C13H16N6O. The Morgan fingerprint density at radius 1 is 1.25 bits per heavy atom. The molecule has 1 N–H and O–H groups in total. The quantitative estimate of drug-likeness (QED) is 0.772. The summed E-state index contributed by atoms with van der Waals surface area (Å²) in [4.78, 5) is 16.1. The Labute approximate surface area is 115 Å². The largest absolute Gasteiger partial charge is 0.349 e. The highest BCUT2D eigenvalue weighted by Gasteiger charge is 2.12. The van der Waals surface area contributed by atoms with Crippen LogP contribution in [0.25, 0.3) is 11.5 Å². The van der Waals surface area contributed by atoms with Crippen LogP contribution in [0.5, 0.6) is 0 Å². The van der Waals surface area contributed by atoms with Gasteiger partial charge in [0.15, 0.2) is 11.5 Å². The zero-order valence-corrected chi connectivity index (χ0v) is 11.7. The summed E-state index contributed by atoms with van der Waals surface area (Å²) in [5.74, 6) is 1.28. The normalized spacial score (nSPS) is 11.3. The molecule has 7 heteroatoms. The van der Waals surface area contributed by atoms with E-state index in [1.807, 2.05) is 4.68 Å². The lowest BCUT2D eigenvalue weighted by Gasteiger charge is -2.06. The number of hydrogen-bond donors (Lipinski definition) is 1. The number of fused-ring (bicyclic) bond motifs is 1. The number of aromatic amines is 1. The average Bonchev–Trinajstić information content (AvgIpc) is 3.02. The summed E-state index contributed by atoms with van der Waals surface area (Å²) in [5, 5.41) is 11.0. The minimum Gasteiger partial charge on any atom is -0.246 e. The second kappa shape index (κ2) is 4.59. The van der Waals surface area contributed by atoms with E-state index in [0.29, 0.717) is 17.3 Å². The van der Waals surface area contributed by atoms with E-state index >= 15 is 0 Å². The molecule has 104 valence electrons. The predicted octanol–water partition coefficient (Wildman–Crippen LogP) is 1.04. The lowest BCUT2D eigenvalue weighted by Crippen LogP contribution is -2.15. The fraction of sp³-hybridized carbons (Fsp3) is 0.385. The van der Waals surface area contributed by atoms with Crippen LogP contribution in [0.3, 0.4) is 0 Å². The van der Waals surface area contributed by atoms with Crippen molar-refractivity contribution in [2.24, 2.45) is 0 Å². The Morgan fingerprint density at radius 3 is 2.75 bits per heavy atom. The summed E-state index contributed by atoms with van der Waals surface area (Å²) in [6.45, 7) is 5.93. The number of nitrogens with one attached hydrogen (secondary N) is 1. The molecule has 0 fully saturated rings. The van der Waals surface area contributed by atoms with Crippen LogP contribution in [0.15, 0.2) is 16.9 Å². The van der Waals surface area contributed by atoms with Gasteiger partial charge in [-0.05, 0) is 25.8 Å². The van der Waals surface area contributed by atoms with Gasteiger partial charge in [0.25, 0.3) is 0 Å². The maximum Gasteiger partial charge on any atom is 0.349 e. The lowest BCUT2D eigenvalue weighted by atomic mass is 10.2. The van der Waals surface area contributed by atoms with E-state index in [4.69, 9.17) is 0 Å². The molecular weight excluding hydrogens is 256 g/mol. The van der Waals surface area contributed by atoms with Crippen molar-refractivity contribution in [3.05, 3.63) is 39.8 Å². The molecule has 0 bridgehead atoms. The molecule has 3 aromatic rings. The van der Waals surface area contributed by atoms with Gasteiger partial charge >= 0.3 is 5.69 Å². The van der Waals surface area contributed by atoms with Crippen LogP contribution < -0.4 is 5.69 Å². The lowest BCUT2D eigenvalue weighted by molar-refractivity contribution is 0.759. The first-order valence-corrected chi connectivity index (χ1v) is 6.67. The molecule has 0 saturated carbocycles. The van der Waals surface area contributed by atoms with Crippen LogP contribution in [0.4, 0.5) is 0 Å². The fourth-order valence-corrected chi connectivity index (χ4v) is 2.29. The number of aromatic nitrogens is 6. The van der Waals surface area contributed by atoms with Crippen molar-refractivity contribution in [2.75, 3.05) is 0 Å². The fourth-order valence-electron chi connectivity index (χ4n) is 2.29. The summed E-state index contributed by atoms with van der Waals surface area (Å²) < 4.78 is 3.27. The molecule has 20 heavy (non-hydrogen) atoms. The minimum atomic E-state index is -0.276. The first-order chi connectivity index (χ1) is 9.63. The Balaban J connectivity index is 2.24. The van der Waals surface area contributed by atoms with Crippen LogP contribution in [0.1, 0.15) is 31.1 Å². The van der Waals surface area contributed by atoms with E-state index in [9.17, 15) is 4.79 Å². The maximum absolute atomic E-state index is 11.6. The van der Waals surface area contributed by atoms with Gasteiger partial charge in [-0.2, -0.15) is 10.2 Å². The summed E-state index contributed by atoms with van der Waals surface area (Å²) in [5.41, 5.74) is 2.40. The Morgan fingerprint density at radius 2 is 2.05 bits per heavy atom. The van der Waals surface area contributed by atoms with E-state index in [1.165, 1.54) is 4.40 Å². The molecule has 7 nitrogen and oxygen atoms in total. The highest BCUT2D eigenvalue weighted by Crippen LogP contribution is 2.14. The van der Waals surface area contributed by atoms with Crippen molar-refractivity contribution >= 4 is 5.65 Å². The molecule has 0 aliphatic rings. The van der Waals surface area contributed by atoms with Crippen molar-refractivity contribution in [3.8, 4) is 5.82 Å². The number of nitrogens with zero attached hydrogens (tertiary/aromatic N) is 5. The molecule has 3 aromatic heterocycles. The van der Waals surface area contributed by atoms with Crippen molar-refractivity contribution in [1.82, 2.24) is 29.4 Å². The van der Waals surface area contributed by atoms with Gasteiger partial charge in [-0.25, -0.2) is 24.0 Å². The average molecular weight is 272 g/mol. The minimum absolute atomic E-state index is 0.276. The molecule has 0 aromatic carbocycles. The number of hydrogen-bond acceptors (Lipinski definition) is 4. The van der Waals surface area contributed by atoms with Gasteiger partial charge in [0, 0.05) is 11.8 Å². The zero-order valence-electron chi connectivity index (χ0n) is 11.7. The Hall–Kier alpha value is -2.44. The van der Waals surface area contributed by atoms with Crippen LogP contribution in [0.2, 0.25) is 0 Å². The highest BCUT2D eigenvalue weighted by atomic mass is 16.1. The van der Waals surface area contributed by atoms with Crippen LogP contribution >= 0.6 is 0 Å². The molecule has 0 aliphatic carbocycles. The standard InChI is InChI=1S/C13H16N6O/c1-4-9-6-10(5-2)19(17-9)11-7-12-15-16-13(20)18(12)8(3)14-11/h6-7H,4-5H2,1-3H3,(H,16,20). The van der Waals surface area contributed by atoms with Gasteiger partial charge in [-0.1, -0.05) is 13.8 Å². The smallest absolute Gasteiger partial charge is 0.246 e. The molecule has 0 spiro atoms. The molecule has 0 atom stereocenters. The van der Waals surface area contributed by atoms with Crippen molar-refractivity contribution < 1.29 is 0 Å². The predicted molar refractivity (Wildman–Crippen MR) is 74.2 cm³/mol. The highest BCUT2D eigenvalue weighted by molar-refractivity contribution is 5.44. The van der Waals surface area contributed by atoms with Crippen molar-refractivity contribution in [1.29, 1.82) is 0 Å². The van der Waals surface area contributed by atoms with Gasteiger partial charge in [0.05, 0.1) is 5.69 Å². The third-order valence-electron chi connectivity index (χ3n) is 3.33. The number of H-pyrrole nitrogens is 1. The van der Waals surface area contributed by atoms with E-state index in [2.05, 4.69) is 40.2 Å². The zero-order chi connectivity index (χ0) is 14.3. The topological polar surface area (TPSA) is 80.9 Å².